The average molecular weight is 492 g/mol. The first-order chi connectivity index (χ1) is 17.3. The van der Waals surface area contributed by atoms with Gasteiger partial charge in [0.1, 0.15) is 6.10 Å². The van der Waals surface area contributed by atoms with Gasteiger partial charge in [-0.1, -0.05) is 42.5 Å². The maximum atomic E-state index is 13.7. The summed E-state index contributed by atoms with van der Waals surface area (Å²) >= 11 is 0. The van der Waals surface area contributed by atoms with Gasteiger partial charge in [-0.05, 0) is 37.9 Å². The number of methoxy groups -OCH3 is 1. The van der Waals surface area contributed by atoms with E-state index in [2.05, 4.69) is 5.32 Å². The minimum absolute atomic E-state index is 0.133. The fourth-order valence-corrected chi connectivity index (χ4v) is 4.84. The van der Waals surface area contributed by atoms with Gasteiger partial charge in [0.15, 0.2) is 0 Å². The Balaban J connectivity index is 1.88. The third kappa shape index (κ3) is 5.01. The summed E-state index contributed by atoms with van der Waals surface area (Å²) in [4.78, 5) is 39.8. The van der Waals surface area contributed by atoms with E-state index < -0.39 is 22.8 Å². The number of hydrogen-bond donors (Lipinski definition) is 1. The van der Waals surface area contributed by atoms with Crippen LogP contribution in [0.1, 0.15) is 37.3 Å². The van der Waals surface area contributed by atoms with E-state index in [0.717, 1.165) is 12.1 Å². The molecule has 36 heavy (non-hydrogen) atoms. The molecule has 2 atom stereocenters. The number of hydrogen-bond acceptors (Lipinski definition) is 8. The maximum absolute atomic E-state index is 13.7. The number of allylic oxidation sites excluding steroid dienone is 2. The second kappa shape index (κ2) is 10.7. The van der Waals surface area contributed by atoms with Crippen LogP contribution in [0.25, 0.3) is 0 Å². The molecule has 2 aromatic rings. The number of nitro groups is 1. The van der Waals surface area contributed by atoms with Crippen molar-refractivity contribution in [3.8, 4) is 0 Å². The first-order valence-electron chi connectivity index (χ1n) is 11.8. The smallest absolute Gasteiger partial charge is 0.337 e. The molecule has 1 N–H and O–H groups in total. The van der Waals surface area contributed by atoms with Crippen LogP contribution in [0.15, 0.2) is 77.1 Å². The van der Waals surface area contributed by atoms with E-state index in [9.17, 15) is 19.7 Å². The second-order valence-electron chi connectivity index (χ2n) is 8.87. The molecule has 9 heteroatoms. The molecule has 0 aliphatic carbocycles. The molecule has 4 rings (SSSR count). The predicted octanol–water partition coefficient (Wildman–Crippen LogP) is 3.82. The Bertz CT molecular complexity index is 1230. The molecule has 0 spiro atoms. The summed E-state index contributed by atoms with van der Waals surface area (Å²) < 4.78 is 11.0. The molecule has 0 unspecified atom stereocenters. The summed E-state index contributed by atoms with van der Waals surface area (Å²) in [5.74, 6) is -2.04. The van der Waals surface area contributed by atoms with Gasteiger partial charge in [-0.15, -0.1) is 0 Å². The minimum atomic E-state index is -0.883. The van der Waals surface area contributed by atoms with Crippen molar-refractivity contribution in [2.75, 3.05) is 20.2 Å². The van der Waals surface area contributed by atoms with Crippen LogP contribution in [-0.4, -0.2) is 48.1 Å². The number of esters is 2. The summed E-state index contributed by atoms with van der Waals surface area (Å²) in [5.41, 5.74) is 3.04. The fraction of sp³-hybridized carbons (Fsp3) is 0.333. The third-order valence-electron chi connectivity index (χ3n) is 6.68. The Kier molecular flexibility index (Phi) is 7.49. The molecule has 0 saturated carbocycles. The molecule has 2 heterocycles. The van der Waals surface area contributed by atoms with Gasteiger partial charge in [0.2, 0.25) is 0 Å². The quantitative estimate of drug-likeness (QED) is 0.354. The van der Waals surface area contributed by atoms with Gasteiger partial charge in [-0.3, -0.25) is 10.1 Å². The van der Waals surface area contributed by atoms with Crippen molar-refractivity contribution in [2.45, 2.75) is 38.8 Å². The summed E-state index contributed by atoms with van der Waals surface area (Å²) in [6.07, 6.45) is 0.395. The van der Waals surface area contributed by atoms with Crippen LogP contribution in [0.4, 0.5) is 5.69 Å². The number of ether oxygens (including phenoxy) is 2. The van der Waals surface area contributed by atoms with Crippen molar-refractivity contribution in [3.63, 3.8) is 0 Å². The first-order valence-corrected chi connectivity index (χ1v) is 11.8. The minimum Gasteiger partial charge on any atom is -0.466 e. The van der Waals surface area contributed by atoms with Gasteiger partial charge < -0.3 is 19.7 Å². The normalized spacial score (nSPS) is 19.9. The topological polar surface area (TPSA) is 111 Å². The highest BCUT2D eigenvalue weighted by atomic mass is 16.6. The van der Waals surface area contributed by atoms with Crippen LogP contribution in [0.5, 0.6) is 0 Å². The van der Waals surface area contributed by atoms with Gasteiger partial charge in [-0.25, -0.2) is 9.59 Å². The standard InChI is InChI=1S/C27H29N3O6/c1-17-23(26(31)35-3)25(20-10-7-11-21(14-20)30(33)34)24(27(32)36-22-12-13-28-15-22)18(2)29(17)16-19-8-5-4-6-9-19/h4-11,14,22,25,28H,12-13,15-16H2,1-3H3/t22-,25-/m0/s1. The number of nitrogens with zero attached hydrogens (tertiary/aromatic N) is 2. The molecule has 2 aliphatic rings. The lowest BCUT2D eigenvalue weighted by molar-refractivity contribution is -0.384. The van der Waals surface area contributed by atoms with Crippen LogP contribution in [0.3, 0.4) is 0 Å². The van der Waals surface area contributed by atoms with Crippen molar-refractivity contribution in [2.24, 2.45) is 0 Å². The zero-order valence-electron chi connectivity index (χ0n) is 20.5. The molecule has 9 nitrogen and oxygen atoms in total. The summed E-state index contributed by atoms with van der Waals surface area (Å²) in [7, 11) is 1.28. The monoisotopic (exact) mass is 491 g/mol. The number of rotatable bonds is 7. The molecule has 0 radical (unpaired) electrons. The molecular weight excluding hydrogens is 462 g/mol. The van der Waals surface area contributed by atoms with Crippen molar-refractivity contribution in [3.05, 3.63) is 98.4 Å². The van der Waals surface area contributed by atoms with E-state index in [4.69, 9.17) is 9.47 Å². The Morgan fingerprint density at radius 3 is 2.36 bits per heavy atom. The largest absolute Gasteiger partial charge is 0.466 e. The molecule has 2 aliphatic heterocycles. The van der Waals surface area contributed by atoms with E-state index in [1.807, 2.05) is 42.2 Å². The van der Waals surface area contributed by atoms with Crippen molar-refractivity contribution >= 4 is 17.6 Å². The van der Waals surface area contributed by atoms with Gasteiger partial charge in [-0.2, -0.15) is 0 Å². The van der Waals surface area contributed by atoms with Crippen molar-refractivity contribution in [1.29, 1.82) is 0 Å². The third-order valence-corrected chi connectivity index (χ3v) is 6.68. The molecule has 1 fully saturated rings. The zero-order valence-corrected chi connectivity index (χ0v) is 20.5. The van der Waals surface area contributed by atoms with Crippen LogP contribution in [-0.2, 0) is 25.6 Å². The van der Waals surface area contributed by atoms with Gasteiger partial charge >= 0.3 is 11.9 Å². The summed E-state index contributed by atoms with van der Waals surface area (Å²) in [6, 6.07) is 15.7. The highest BCUT2D eigenvalue weighted by molar-refractivity contribution is 6.00. The lowest BCUT2D eigenvalue weighted by Gasteiger charge is -2.38. The molecule has 2 aromatic carbocycles. The second-order valence-corrected chi connectivity index (χ2v) is 8.87. The SMILES string of the molecule is COC(=O)C1=C(C)N(Cc2ccccc2)C(C)=C(C(=O)O[C@H]2CCNC2)[C@H]1c1cccc([N+](=O)[O-])c1. The Hall–Kier alpha value is -3.98. The number of carbonyl (C=O) groups is 2. The van der Waals surface area contributed by atoms with Crippen molar-refractivity contribution in [1.82, 2.24) is 10.2 Å². The van der Waals surface area contributed by atoms with Crippen LogP contribution in [0, 0.1) is 10.1 Å². The molecule has 0 bridgehead atoms. The predicted molar refractivity (Wildman–Crippen MR) is 133 cm³/mol. The number of benzene rings is 2. The zero-order chi connectivity index (χ0) is 25.8. The number of non-ortho nitro benzene ring substituents is 1. The Morgan fingerprint density at radius 1 is 1.06 bits per heavy atom. The number of nitrogens with one attached hydrogen (secondary N) is 1. The fourth-order valence-electron chi connectivity index (χ4n) is 4.84. The van der Waals surface area contributed by atoms with E-state index in [1.165, 1.54) is 19.2 Å². The lowest BCUT2D eigenvalue weighted by atomic mass is 9.79. The van der Waals surface area contributed by atoms with E-state index in [0.29, 0.717) is 36.5 Å². The Morgan fingerprint density at radius 2 is 1.75 bits per heavy atom. The van der Waals surface area contributed by atoms with Gasteiger partial charge in [0.05, 0.1) is 29.1 Å². The molecular formula is C27H29N3O6. The van der Waals surface area contributed by atoms with E-state index in [-0.39, 0.29) is 22.9 Å². The van der Waals surface area contributed by atoms with Crippen LogP contribution < -0.4 is 5.32 Å². The van der Waals surface area contributed by atoms with Crippen LogP contribution >= 0.6 is 0 Å². The first kappa shape index (κ1) is 25.1. The summed E-state index contributed by atoms with van der Waals surface area (Å²) in [5, 5.41) is 14.7. The van der Waals surface area contributed by atoms with Crippen LogP contribution in [0.2, 0.25) is 0 Å². The molecule has 0 amide bonds. The van der Waals surface area contributed by atoms with Gasteiger partial charge in [0.25, 0.3) is 5.69 Å². The molecule has 188 valence electrons. The van der Waals surface area contributed by atoms with E-state index >= 15 is 0 Å². The molecule has 0 aromatic heterocycles. The highest BCUT2D eigenvalue weighted by Gasteiger charge is 2.41. The summed E-state index contributed by atoms with van der Waals surface area (Å²) in [6.45, 7) is 5.33. The van der Waals surface area contributed by atoms with E-state index in [1.54, 1.807) is 19.1 Å². The maximum Gasteiger partial charge on any atom is 0.337 e. The highest BCUT2D eigenvalue weighted by Crippen LogP contribution is 2.44. The Labute approximate surface area is 209 Å². The lowest BCUT2D eigenvalue weighted by Crippen LogP contribution is -2.36. The van der Waals surface area contributed by atoms with Crippen molar-refractivity contribution < 1.29 is 24.0 Å². The number of carbonyl (C=O) groups excluding carboxylic acids is 2. The molecule has 1 saturated heterocycles. The van der Waals surface area contributed by atoms with Gasteiger partial charge in [0, 0.05) is 36.6 Å². The average Bonchev–Trinajstić information content (AvgIpc) is 3.39. The number of nitro benzene ring substituents is 1.